The summed E-state index contributed by atoms with van der Waals surface area (Å²) in [6.07, 6.45) is 3.38. The van der Waals surface area contributed by atoms with Gasteiger partial charge in [-0.3, -0.25) is 4.79 Å². The first-order chi connectivity index (χ1) is 8.41. The molecule has 1 amide bonds. The summed E-state index contributed by atoms with van der Waals surface area (Å²) in [5, 5.41) is 4.22. The first kappa shape index (κ1) is 15.8. The van der Waals surface area contributed by atoms with Crippen LogP contribution in [0, 0.1) is 5.92 Å². The normalized spacial score (nSPS) is 26.1. The van der Waals surface area contributed by atoms with E-state index in [1.807, 2.05) is 25.9 Å². The topological polar surface area (TPSA) is 32.3 Å². The number of thioether (sulfide) groups is 1. The molecule has 0 aromatic rings. The maximum atomic E-state index is 12.2. The molecule has 3 nitrogen and oxygen atoms in total. The highest BCUT2D eigenvalue weighted by molar-refractivity contribution is 7.99. The summed E-state index contributed by atoms with van der Waals surface area (Å²) < 4.78 is 0. The van der Waals surface area contributed by atoms with Gasteiger partial charge in [0, 0.05) is 25.4 Å². The van der Waals surface area contributed by atoms with Crippen LogP contribution in [0.25, 0.3) is 0 Å². The molecule has 0 radical (unpaired) electrons. The van der Waals surface area contributed by atoms with Crippen LogP contribution in [-0.4, -0.2) is 48.0 Å². The lowest BCUT2D eigenvalue weighted by Gasteiger charge is -2.34. The molecule has 3 atom stereocenters. The molecule has 1 fully saturated rings. The Labute approximate surface area is 116 Å². The molecule has 1 rings (SSSR count). The average Bonchev–Trinajstić information content (AvgIpc) is 2.29. The van der Waals surface area contributed by atoms with E-state index in [2.05, 4.69) is 26.1 Å². The predicted octanol–water partition coefficient (Wildman–Crippen LogP) is 2.36. The van der Waals surface area contributed by atoms with Gasteiger partial charge in [-0.2, -0.15) is 11.8 Å². The van der Waals surface area contributed by atoms with Crippen LogP contribution in [0.3, 0.4) is 0 Å². The number of likely N-dealkylation sites (N-methyl/N-ethyl adjacent to an activating group) is 1. The maximum absolute atomic E-state index is 12.2. The number of nitrogens with one attached hydrogen (secondary N) is 1. The third-order valence-corrected chi connectivity index (χ3v) is 4.85. The Balaban J connectivity index is 2.62. The van der Waals surface area contributed by atoms with Crippen LogP contribution < -0.4 is 5.32 Å². The van der Waals surface area contributed by atoms with Crippen LogP contribution in [0.4, 0.5) is 0 Å². The monoisotopic (exact) mass is 272 g/mol. The van der Waals surface area contributed by atoms with E-state index >= 15 is 0 Å². The summed E-state index contributed by atoms with van der Waals surface area (Å²) in [6.45, 7) is 6.63. The fourth-order valence-electron chi connectivity index (χ4n) is 2.42. The van der Waals surface area contributed by atoms with Crippen molar-refractivity contribution in [2.24, 2.45) is 5.92 Å². The van der Waals surface area contributed by atoms with Crippen molar-refractivity contribution in [2.75, 3.05) is 19.8 Å². The zero-order chi connectivity index (χ0) is 13.7. The van der Waals surface area contributed by atoms with Crippen molar-refractivity contribution in [3.8, 4) is 0 Å². The van der Waals surface area contributed by atoms with Crippen molar-refractivity contribution in [2.45, 2.75) is 57.4 Å². The molecule has 1 saturated heterocycles. The van der Waals surface area contributed by atoms with Gasteiger partial charge in [-0.05, 0) is 30.9 Å². The van der Waals surface area contributed by atoms with E-state index in [1.165, 1.54) is 18.6 Å². The lowest BCUT2D eigenvalue weighted by Crippen LogP contribution is -2.52. The van der Waals surface area contributed by atoms with Gasteiger partial charge in [-0.1, -0.05) is 20.8 Å². The van der Waals surface area contributed by atoms with E-state index in [0.717, 1.165) is 6.42 Å². The van der Waals surface area contributed by atoms with Gasteiger partial charge in [-0.25, -0.2) is 0 Å². The number of hydrogen-bond donors (Lipinski definition) is 1. The van der Waals surface area contributed by atoms with Gasteiger partial charge in [0.1, 0.15) is 0 Å². The second-order valence-electron chi connectivity index (χ2n) is 5.91. The third kappa shape index (κ3) is 4.81. The summed E-state index contributed by atoms with van der Waals surface area (Å²) in [5.41, 5.74) is 0. The minimum absolute atomic E-state index is 0.0221. The van der Waals surface area contributed by atoms with Crippen molar-refractivity contribution in [1.29, 1.82) is 0 Å². The number of nitrogens with zero attached hydrogens (tertiary/aromatic N) is 1. The summed E-state index contributed by atoms with van der Waals surface area (Å²) >= 11 is 2.02. The molecule has 1 aliphatic heterocycles. The first-order valence-corrected chi connectivity index (χ1v) is 8.05. The molecular formula is C14H28N2OS. The molecule has 1 heterocycles. The van der Waals surface area contributed by atoms with E-state index in [4.69, 9.17) is 0 Å². The summed E-state index contributed by atoms with van der Waals surface area (Å²) in [5.74, 6) is 2.01. The standard InChI is InChI=1S/C14H28N2OS/c1-10(2)9-13(14(17)16(4)5)15-12-7-6-8-18-11(12)3/h10-13,15H,6-9H2,1-5H3. The lowest BCUT2D eigenvalue weighted by atomic mass is 10.00. The highest BCUT2D eigenvalue weighted by Crippen LogP contribution is 2.26. The van der Waals surface area contributed by atoms with E-state index in [-0.39, 0.29) is 11.9 Å². The van der Waals surface area contributed by atoms with E-state index in [1.54, 1.807) is 4.90 Å². The van der Waals surface area contributed by atoms with Gasteiger partial charge in [0.2, 0.25) is 5.91 Å². The average molecular weight is 272 g/mol. The molecule has 106 valence electrons. The Bertz CT molecular complexity index is 269. The Morgan fingerprint density at radius 2 is 2.11 bits per heavy atom. The van der Waals surface area contributed by atoms with Crippen LogP contribution in [0.2, 0.25) is 0 Å². The van der Waals surface area contributed by atoms with Crippen molar-refractivity contribution < 1.29 is 4.79 Å². The quantitative estimate of drug-likeness (QED) is 0.834. The molecule has 18 heavy (non-hydrogen) atoms. The Morgan fingerprint density at radius 1 is 1.44 bits per heavy atom. The van der Waals surface area contributed by atoms with Crippen LogP contribution in [-0.2, 0) is 4.79 Å². The Hall–Kier alpha value is -0.220. The van der Waals surface area contributed by atoms with Crippen LogP contribution in [0.15, 0.2) is 0 Å². The second-order valence-corrected chi connectivity index (χ2v) is 7.39. The zero-order valence-corrected chi connectivity index (χ0v) is 13.2. The molecule has 0 saturated carbocycles. The van der Waals surface area contributed by atoms with Gasteiger partial charge in [0.15, 0.2) is 0 Å². The molecule has 0 aromatic carbocycles. The number of carbonyl (C=O) groups excluding carboxylic acids is 1. The highest BCUT2D eigenvalue weighted by atomic mass is 32.2. The van der Waals surface area contributed by atoms with Crippen molar-refractivity contribution in [3.63, 3.8) is 0 Å². The van der Waals surface area contributed by atoms with Crippen LogP contribution in [0.5, 0.6) is 0 Å². The van der Waals surface area contributed by atoms with Gasteiger partial charge in [0.05, 0.1) is 6.04 Å². The largest absolute Gasteiger partial charge is 0.347 e. The molecule has 3 unspecified atom stereocenters. The molecular weight excluding hydrogens is 244 g/mol. The summed E-state index contributed by atoms with van der Waals surface area (Å²) in [6, 6.07) is 0.461. The minimum atomic E-state index is -0.0221. The molecule has 0 spiro atoms. The van der Waals surface area contributed by atoms with E-state index in [9.17, 15) is 4.79 Å². The molecule has 1 N–H and O–H groups in total. The molecule has 0 bridgehead atoms. The molecule has 0 aromatic heterocycles. The SMILES string of the molecule is CC(C)CC(NC1CCCSC1C)C(=O)N(C)C. The Morgan fingerprint density at radius 3 is 2.61 bits per heavy atom. The van der Waals surface area contributed by atoms with Crippen LogP contribution >= 0.6 is 11.8 Å². The van der Waals surface area contributed by atoms with E-state index in [0.29, 0.717) is 17.2 Å². The van der Waals surface area contributed by atoms with Crippen LogP contribution in [0.1, 0.15) is 40.0 Å². The van der Waals surface area contributed by atoms with Gasteiger partial charge in [-0.15, -0.1) is 0 Å². The number of amides is 1. The maximum Gasteiger partial charge on any atom is 0.239 e. The fraction of sp³-hybridized carbons (Fsp3) is 0.929. The fourth-order valence-corrected chi connectivity index (χ4v) is 3.58. The Kier molecular flexibility index (Phi) is 6.50. The lowest BCUT2D eigenvalue weighted by molar-refractivity contribution is -0.131. The predicted molar refractivity (Wildman–Crippen MR) is 80.0 cm³/mol. The van der Waals surface area contributed by atoms with Gasteiger partial charge >= 0.3 is 0 Å². The summed E-state index contributed by atoms with van der Waals surface area (Å²) in [4.78, 5) is 13.9. The molecule has 4 heteroatoms. The smallest absolute Gasteiger partial charge is 0.239 e. The highest BCUT2D eigenvalue weighted by Gasteiger charge is 2.28. The number of rotatable bonds is 5. The van der Waals surface area contributed by atoms with Crippen molar-refractivity contribution in [1.82, 2.24) is 10.2 Å². The van der Waals surface area contributed by atoms with Crippen molar-refractivity contribution >= 4 is 17.7 Å². The first-order valence-electron chi connectivity index (χ1n) is 7.00. The number of carbonyl (C=O) groups is 1. The molecule has 1 aliphatic rings. The van der Waals surface area contributed by atoms with Gasteiger partial charge in [0.25, 0.3) is 0 Å². The molecule has 0 aliphatic carbocycles. The van der Waals surface area contributed by atoms with Gasteiger partial charge < -0.3 is 10.2 Å². The minimum Gasteiger partial charge on any atom is -0.347 e. The summed E-state index contributed by atoms with van der Waals surface area (Å²) in [7, 11) is 3.69. The second kappa shape index (κ2) is 7.39. The third-order valence-electron chi connectivity index (χ3n) is 3.47. The van der Waals surface area contributed by atoms with E-state index < -0.39 is 0 Å². The van der Waals surface area contributed by atoms with Crippen molar-refractivity contribution in [3.05, 3.63) is 0 Å². The number of hydrogen-bond acceptors (Lipinski definition) is 3. The zero-order valence-electron chi connectivity index (χ0n) is 12.4.